The smallest absolute Gasteiger partial charge is 0.153 e. The number of aromatic amines is 1. The molecule has 3 aliphatic rings. The first-order chi connectivity index (χ1) is 10.2. The van der Waals surface area contributed by atoms with Crippen LogP contribution in [0.25, 0.3) is 11.1 Å². The van der Waals surface area contributed by atoms with Gasteiger partial charge in [-0.25, -0.2) is 0 Å². The van der Waals surface area contributed by atoms with Crippen molar-refractivity contribution in [3.63, 3.8) is 0 Å². The molecule has 0 amide bonds. The van der Waals surface area contributed by atoms with Gasteiger partial charge in [0.2, 0.25) is 0 Å². The van der Waals surface area contributed by atoms with Gasteiger partial charge in [0.15, 0.2) is 5.82 Å². The Bertz CT molecular complexity index is 707. The Morgan fingerprint density at radius 1 is 1.19 bits per heavy atom. The number of nitrogen functional groups attached to an aromatic ring is 1. The molecule has 4 unspecified atom stereocenters. The molecule has 21 heavy (non-hydrogen) atoms. The summed E-state index contributed by atoms with van der Waals surface area (Å²) in [5.74, 6) is 5.04. The predicted molar refractivity (Wildman–Crippen MR) is 86.7 cm³/mol. The van der Waals surface area contributed by atoms with Gasteiger partial charge in [-0.1, -0.05) is 28.1 Å². The number of rotatable bonds is 2. The third kappa shape index (κ3) is 1.62. The Balaban J connectivity index is 1.58. The number of aromatic nitrogens is 2. The van der Waals surface area contributed by atoms with Gasteiger partial charge in [0.05, 0.1) is 0 Å². The maximum atomic E-state index is 6.17. The van der Waals surface area contributed by atoms with Gasteiger partial charge in [-0.05, 0) is 60.6 Å². The number of H-pyrrole nitrogens is 1. The van der Waals surface area contributed by atoms with Crippen molar-refractivity contribution in [1.82, 2.24) is 10.2 Å². The molecule has 1 aromatic carbocycles. The van der Waals surface area contributed by atoms with Crippen LogP contribution in [-0.2, 0) is 0 Å². The first kappa shape index (κ1) is 12.3. The quantitative estimate of drug-likeness (QED) is 0.859. The molecule has 3 saturated carbocycles. The Kier molecular flexibility index (Phi) is 2.41. The van der Waals surface area contributed by atoms with Crippen LogP contribution in [0.5, 0.6) is 0 Å². The topological polar surface area (TPSA) is 54.7 Å². The fraction of sp³-hybridized carbons (Fsp3) is 0.471. The Labute approximate surface area is 132 Å². The number of nitrogens with two attached hydrogens (primary N) is 1. The summed E-state index contributed by atoms with van der Waals surface area (Å²) in [6.45, 7) is 0. The van der Waals surface area contributed by atoms with Crippen LogP contribution in [0.1, 0.15) is 30.9 Å². The molecule has 3 aliphatic carbocycles. The van der Waals surface area contributed by atoms with Crippen LogP contribution in [-0.4, -0.2) is 10.2 Å². The van der Waals surface area contributed by atoms with Crippen molar-refractivity contribution in [2.24, 2.45) is 23.7 Å². The first-order valence-electron chi connectivity index (χ1n) is 7.83. The van der Waals surface area contributed by atoms with Gasteiger partial charge in [-0.2, -0.15) is 5.10 Å². The van der Waals surface area contributed by atoms with Crippen molar-refractivity contribution in [3.05, 3.63) is 34.4 Å². The van der Waals surface area contributed by atoms with Gasteiger partial charge in [-0.3, -0.25) is 5.10 Å². The highest BCUT2D eigenvalue weighted by Gasteiger charge is 2.66. The standard InChI is InChI=1S/C17H18BrN3/c18-11-3-1-2-8(7-11)14-16(20-21-17(14)19)15-12-9-4-5-10(6-9)13(12)15/h1-3,7,9-10,12-13,15H,4-6H2,(H3,19,20,21). The predicted octanol–water partition coefficient (Wildman–Crippen LogP) is 4.18. The summed E-state index contributed by atoms with van der Waals surface area (Å²) in [4.78, 5) is 0. The Morgan fingerprint density at radius 3 is 2.67 bits per heavy atom. The first-order valence-corrected chi connectivity index (χ1v) is 8.63. The van der Waals surface area contributed by atoms with Crippen molar-refractivity contribution in [2.75, 3.05) is 5.73 Å². The van der Waals surface area contributed by atoms with E-state index < -0.39 is 0 Å². The molecular formula is C17H18BrN3. The number of anilines is 1. The summed E-state index contributed by atoms with van der Waals surface area (Å²) in [5.41, 5.74) is 9.76. The number of halogens is 1. The van der Waals surface area contributed by atoms with Gasteiger partial charge in [-0.15, -0.1) is 0 Å². The zero-order valence-corrected chi connectivity index (χ0v) is 13.3. The van der Waals surface area contributed by atoms with E-state index in [4.69, 9.17) is 5.73 Å². The molecule has 1 heterocycles. The molecule has 4 heteroatoms. The van der Waals surface area contributed by atoms with E-state index in [9.17, 15) is 0 Å². The molecule has 108 valence electrons. The monoisotopic (exact) mass is 343 g/mol. The Hall–Kier alpha value is -1.29. The van der Waals surface area contributed by atoms with Gasteiger partial charge >= 0.3 is 0 Å². The molecule has 0 spiro atoms. The average molecular weight is 344 g/mol. The molecule has 2 aromatic rings. The van der Waals surface area contributed by atoms with Gasteiger partial charge in [0.1, 0.15) is 0 Å². The minimum absolute atomic E-state index is 0.639. The third-order valence-electron chi connectivity index (χ3n) is 6.00. The van der Waals surface area contributed by atoms with Crippen molar-refractivity contribution >= 4 is 21.7 Å². The maximum absolute atomic E-state index is 6.17. The molecule has 0 saturated heterocycles. The highest BCUT2D eigenvalue weighted by Crippen LogP contribution is 2.73. The summed E-state index contributed by atoms with van der Waals surface area (Å²) in [6, 6.07) is 8.37. The van der Waals surface area contributed by atoms with E-state index in [1.807, 2.05) is 6.07 Å². The number of benzene rings is 1. The van der Waals surface area contributed by atoms with E-state index in [0.29, 0.717) is 11.7 Å². The van der Waals surface area contributed by atoms with Crippen molar-refractivity contribution in [1.29, 1.82) is 0 Å². The molecule has 0 radical (unpaired) electrons. The summed E-state index contributed by atoms with van der Waals surface area (Å²) in [7, 11) is 0. The van der Waals surface area contributed by atoms with Gasteiger partial charge in [0.25, 0.3) is 0 Å². The summed E-state index contributed by atoms with van der Waals surface area (Å²) in [6.07, 6.45) is 4.36. The molecule has 3 fully saturated rings. The minimum atomic E-state index is 0.639. The summed E-state index contributed by atoms with van der Waals surface area (Å²) in [5, 5.41) is 7.58. The second-order valence-electron chi connectivity index (χ2n) is 6.92. The number of hydrogen-bond donors (Lipinski definition) is 2. The summed E-state index contributed by atoms with van der Waals surface area (Å²) >= 11 is 3.56. The fourth-order valence-corrected chi connectivity index (χ4v) is 5.67. The molecule has 1 aromatic heterocycles. The molecule has 3 N–H and O–H groups in total. The number of fused-ring (bicyclic) bond motifs is 5. The average Bonchev–Trinajstić information content (AvgIpc) is 2.80. The van der Waals surface area contributed by atoms with Crippen molar-refractivity contribution < 1.29 is 0 Å². The van der Waals surface area contributed by atoms with E-state index in [1.54, 1.807) is 0 Å². The third-order valence-corrected chi connectivity index (χ3v) is 6.50. The largest absolute Gasteiger partial charge is 0.382 e. The van der Waals surface area contributed by atoms with Gasteiger partial charge < -0.3 is 5.73 Å². The second kappa shape index (κ2) is 4.13. The number of nitrogens with one attached hydrogen (secondary N) is 1. The lowest BCUT2D eigenvalue weighted by molar-refractivity contribution is 0.456. The molecule has 4 atom stereocenters. The van der Waals surface area contributed by atoms with Crippen LogP contribution in [0.2, 0.25) is 0 Å². The lowest BCUT2D eigenvalue weighted by Crippen LogP contribution is -1.99. The van der Waals surface area contributed by atoms with Crippen LogP contribution in [0.15, 0.2) is 28.7 Å². The van der Waals surface area contributed by atoms with Crippen LogP contribution in [0.3, 0.4) is 0 Å². The fourth-order valence-electron chi connectivity index (χ4n) is 5.27. The lowest BCUT2D eigenvalue weighted by Gasteiger charge is -2.10. The van der Waals surface area contributed by atoms with Crippen LogP contribution >= 0.6 is 15.9 Å². The number of hydrogen-bond acceptors (Lipinski definition) is 2. The van der Waals surface area contributed by atoms with E-state index in [2.05, 4.69) is 44.3 Å². The van der Waals surface area contributed by atoms with Crippen LogP contribution in [0.4, 0.5) is 5.82 Å². The SMILES string of the molecule is Nc1n[nH]c(C2C3C4CCC(C4)C23)c1-c1cccc(Br)c1. The maximum Gasteiger partial charge on any atom is 0.153 e. The van der Waals surface area contributed by atoms with Crippen LogP contribution in [0, 0.1) is 23.7 Å². The zero-order valence-electron chi connectivity index (χ0n) is 11.7. The van der Waals surface area contributed by atoms with Crippen molar-refractivity contribution in [3.8, 4) is 11.1 Å². The van der Waals surface area contributed by atoms with E-state index in [-0.39, 0.29) is 0 Å². The Morgan fingerprint density at radius 2 is 1.95 bits per heavy atom. The molecule has 0 aliphatic heterocycles. The normalized spacial score (nSPS) is 36.0. The second-order valence-corrected chi connectivity index (χ2v) is 7.84. The molecule has 5 rings (SSSR count). The number of nitrogens with zero attached hydrogens (tertiary/aromatic N) is 1. The molecular weight excluding hydrogens is 326 g/mol. The van der Waals surface area contributed by atoms with E-state index >= 15 is 0 Å². The van der Waals surface area contributed by atoms with E-state index in [0.717, 1.165) is 33.7 Å². The zero-order chi connectivity index (χ0) is 14.1. The lowest BCUT2D eigenvalue weighted by atomic mass is 9.96. The molecule has 3 nitrogen and oxygen atoms in total. The highest BCUT2D eigenvalue weighted by molar-refractivity contribution is 9.10. The van der Waals surface area contributed by atoms with Crippen LogP contribution < -0.4 is 5.73 Å². The molecule has 2 bridgehead atoms. The van der Waals surface area contributed by atoms with E-state index in [1.165, 1.54) is 30.5 Å². The summed E-state index contributed by atoms with van der Waals surface area (Å²) < 4.78 is 1.09. The highest BCUT2D eigenvalue weighted by atomic mass is 79.9. The van der Waals surface area contributed by atoms with Crippen molar-refractivity contribution in [2.45, 2.75) is 25.2 Å². The van der Waals surface area contributed by atoms with Gasteiger partial charge in [0, 0.05) is 21.6 Å². The minimum Gasteiger partial charge on any atom is -0.382 e.